The van der Waals surface area contributed by atoms with Crippen LogP contribution in [0, 0.1) is 0 Å². The molecule has 0 spiro atoms. The summed E-state index contributed by atoms with van der Waals surface area (Å²) in [7, 11) is 0. The lowest BCUT2D eigenvalue weighted by atomic mass is 9.95. The van der Waals surface area contributed by atoms with Crippen LogP contribution in [-0.2, 0) is 5.41 Å². The van der Waals surface area contributed by atoms with Crippen molar-refractivity contribution >= 4 is 21.6 Å². The normalized spacial score (nSPS) is 12.2. The first-order chi connectivity index (χ1) is 6.07. The van der Waals surface area contributed by atoms with Gasteiger partial charge in [-0.15, -0.1) is 11.3 Å². The molecule has 0 fully saturated rings. The number of fused-ring (bicyclic) bond motifs is 1. The topological polar surface area (TPSA) is 12.9 Å². The summed E-state index contributed by atoms with van der Waals surface area (Å²) >= 11 is 1.84. The lowest BCUT2D eigenvalue weighted by molar-refractivity contribution is 0.604. The van der Waals surface area contributed by atoms with Gasteiger partial charge >= 0.3 is 0 Å². The van der Waals surface area contributed by atoms with Gasteiger partial charge in [0.1, 0.15) is 0 Å². The van der Waals surface area contributed by atoms with Crippen LogP contribution in [0.4, 0.5) is 0 Å². The molecule has 68 valence electrons. The molecule has 0 saturated heterocycles. The van der Waals surface area contributed by atoms with E-state index in [0.717, 1.165) is 5.52 Å². The monoisotopic (exact) mass is 191 g/mol. The van der Waals surface area contributed by atoms with Crippen molar-refractivity contribution in [3.05, 3.63) is 29.3 Å². The number of pyridine rings is 1. The van der Waals surface area contributed by atoms with E-state index in [0.29, 0.717) is 0 Å². The van der Waals surface area contributed by atoms with Gasteiger partial charge in [0.05, 0.1) is 10.2 Å². The second kappa shape index (κ2) is 2.81. The van der Waals surface area contributed by atoms with Gasteiger partial charge in [-0.2, -0.15) is 0 Å². The molecule has 0 aliphatic rings. The molecule has 2 heteroatoms. The van der Waals surface area contributed by atoms with E-state index in [-0.39, 0.29) is 5.41 Å². The Morgan fingerprint density at radius 1 is 1.31 bits per heavy atom. The standard InChI is InChI=1S/C11H13NS/c1-11(2,3)10-7-8-9(13-10)5-4-6-12-8/h4-7H,1-3H3. The maximum atomic E-state index is 4.33. The maximum absolute atomic E-state index is 4.33. The van der Waals surface area contributed by atoms with E-state index in [9.17, 15) is 0 Å². The minimum absolute atomic E-state index is 0.241. The van der Waals surface area contributed by atoms with Crippen molar-refractivity contribution in [1.29, 1.82) is 0 Å². The summed E-state index contributed by atoms with van der Waals surface area (Å²) in [4.78, 5) is 5.73. The fourth-order valence-corrected chi connectivity index (χ4v) is 2.32. The van der Waals surface area contributed by atoms with E-state index >= 15 is 0 Å². The molecule has 2 rings (SSSR count). The highest BCUT2D eigenvalue weighted by Crippen LogP contribution is 2.32. The number of thiophene rings is 1. The summed E-state index contributed by atoms with van der Waals surface area (Å²) in [5.74, 6) is 0. The van der Waals surface area contributed by atoms with Crippen molar-refractivity contribution in [3.8, 4) is 0 Å². The van der Waals surface area contributed by atoms with Crippen molar-refractivity contribution in [1.82, 2.24) is 4.98 Å². The Balaban J connectivity index is 2.63. The first-order valence-electron chi connectivity index (χ1n) is 4.42. The van der Waals surface area contributed by atoms with Gasteiger partial charge in [-0.1, -0.05) is 20.8 Å². The highest BCUT2D eigenvalue weighted by molar-refractivity contribution is 7.19. The van der Waals surface area contributed by atoms with Crippen LogP contribution in [-0.4, -0.2) is 4.98 Å². The Bertz CT molecular complexity index is 390. The molecule has 2 aromatic rings. The van der Waals surface area contributed by atoms with Crippen molar-refractivity contribution < 1.29 is 0 Å². The third kappa shape index (κ3) is 1.59. The van der Waals surface area contributed by atoms with Crippen molar-refractivity contribution in [2.24, 2.45) is 0 Å². The molecule has 2 heterocycles. The second-order valence-electron chi connectivity index (χ2n) is 4.25. The smallest absolute Gasteiger partial charge is 0.0812 e. The van der Waals surface area contributed by atoms with Gasteiger partial charge in [-0.3, -0.25) is 4.98 Å². The van der Waals surface area contributed by atoms with Gasteiger partial charge < -0.3 is 0 Å². The Kier molecular flexibility index (Phi) is 1.88. The summed E-state index contributed by atoms with van der Waals surface area (Å²) in [5.41, 5.74) is 1.36. The quantitative estimate of drug-likeness (QED) is 0.620. The molecule has 0 bridgehead atoms. The van der Waals surface area contributed by atoms with Crippen LogP contribution in [0.15, 0.2) is 24.4 Å². The molecule has 0 atom stereocenters. The summed E-state index contributed by atoms with van der Waals surface area (Å²) in [6.07, 6.45) is 1.85. The molecule has 0 saturated carbocycles. The Morgan fingerprint density at radius 3 is 2.69 bits per heavy atom. The van der Waals surface area contributed by atoms with Gasteiger partial charge in [0, 0.05) is 11.1 Å². The van der Waals surface area contributed by atoms with Crippen LogP contribution in [0.1, 0.15) is 25.6 Å². The molecular formula is C11H13NS. The van der Waals surface area contributed by atoms with Gasteiger partial charge in [-0.25, -0.2) is 0 Å². The predicted molar refractivity (Wildman–Crippen MR) is 58.3 cm³/mol. The fourth-order valence-electron chi connectivity index (χ4n) is 1.24. The van der Waals surface area contributed by atoms with Gasteiger partial charge in [0.25, 0.3) is 0 Å². The van der Waals surface area contributed by atoms with Crippen LogP contribution in [0.2, 0.25) is 0 Å². The van der Waals surface area contributed by atoms with Crippen LogP contribution in [0.5, 0.6) is 0 Å². The average molecular weight is 191 g/mol. The van der Waals surface area contributed by atoms with E-state index in [2.05, 4.69) is 37.9 Å². The Hall–Kier alpha value is -0.890. The lowest BCUT2D eigenvalue weighted by Gasteiger charge is -2.14. The SMILES string of the molecule is CC(C)(C)c1cc2ncccc2s1. The summed E-state index contributed by atoms with van der Waals surface area (Å²) in [6.45, 7) is 6.70. The van der Waals surface area contributed by atoms with Gasteiger partial charge in [0.15, 0.2) is 0 Å². The van der Waals surface area contributed by atoms with Gasteiger partial charge in [0.2, 0.25) is 0 Å². The zero-order valence-electron chi connectivity index (χ0n) is 8.16. The molecule has 0 aliphatic carbocycles. The molecule has 0 unspecified atom stereocenters. The van der Waals surface area contributed by atoms with E-state index in [4.69, 9.17) is 0 Å². The number of hydrogen-bond donors (Lipinski definition) is 0. The van der Waals surface area contributed by atoms with Crippen LogP contribution in [0.25, 0.3) is 10.2 Å². The highest BCUT2D eigenvalue weighted by Gasteiger charge is 2.16. The minimum atomic E-state index is 0.241. The molecule has 13 heavy (non-hydrogen) atoms. The first-order valence-corrected chi connectivity index (χ1v) is 5.24. The van der Waals surface area contributed by atoms with Gasteiger partial charge in [-0.05, 0) is 23.6 Å². The molecule has 0 amide bonds. The molecule has 0 aromatic carbocycles. The Labute approximate surface area is 82.4 Å². The van der Waals surface area contributed by atoms with Crippen molar-refractivity contribution in [3.63, 3.8) is 0 Å². The van der Waals surface area contributed by atoms with E-state index in [1.54, 1.807) is 0 Å². The molecule has 0 radical (unpaired) electrons. The summed E-state index contributed by atoms with van der Waals surface area (Å²) in [5, 5.41) is 0. The zero-order valence-corrected chi connectivity index (χ0v) is 8.98. The summed E-state index contributed by atoms with van der Waals surface area (Å²) in [6, 6.07) is 6.31. The van der Waals surface area contributed by atoms with E-state index in [1.165, 1.54) is 9.58 Å². The van der Waals surface area contributed by atoms with E-state index < -0.39 is 0 Å². The largest absolute Gasteiger partial charge is 0.255 e. The average Bonchev–Trinajstić information content (AvgIpc) is 2.45. The number of rotatable bonds is 0. The molecular weight excluding hydrogens is 178 g/mol. The number of nitrogens with zero attached hydrogens (tertiary/aromatic N) is 1. The zero-order chi connectivity index (χ0) is 9.47. The van der Waals surface area contributed by atoms with E-state index in [1.807, 2.05) is 23.6 Å². The van der Waals surface area contributed by atoms with Crippen LogP contribution >= 0.6 is 11.3 Å². The number of hydrogen-bond acceptors (Lipinski definition) is 2. The third-order valence-corrected chi connectivity index (χ3v) is 3.54. The molecule has 0 N–H and O–H groups in total. The Morgan fingerprint density at radius 2 is 2.08 bits per heavy atom. The predicted octanol–water partition coefficient (Wildman–Crippen LogP) is 3.59. The minimum Gasteiger partial charge on any atom is -0.255 e. The van der Waals surface area contributed by atoms with Crippen molar-refractivity contribution in [2.45, 2.75) is 26.2 Å². The van der Waals surface area contributed by atoms with Crippen molar-refractivity contribution in [2.75, 3.05) is 0 Å². The molecule has 2 aromatic heterocycles. The lowest BCUT2D eigenvalue weighted by Crippen LogP contribution is -2.07. The van der Waals surface area contributed by atoms with Crippen LogP contribution < -0.4 is 0 Å². The highest BCUT2D eigenvalue weighted by atomic mass is 32.1. The molecule has 0 aliphatic heterocycles. The van der Waals surface area contributed by atoms with Crippen LogP contribution in [0.3, 0.4) is 0 Å². The number of aromatic nitrogens is 1. The second-order valence-corrected chi connectivity index (χ2v) is 5.33. The first kappa shape index (κ1) is 8.70. The molecule has 1 nitrogen and oxygen atoms in total. The third-order valence-electron chi connectivity index (χ3n) is 2.03. The maximum Gasteiger partial charge on any atom is 0.0812 e. The fraction of sp³-hybridized carbons (Fsp3) is 0.364. The summed E-state index contributed by atoms with van der Waals surface area (Å²) < 4.78 is 1.28.